The molecular weight excluding hydrogens is 571 g/mol. The average molecular weight is 606 g/mol. The standard InChI is InChI=1S/C33H32F3N5O3/c1-2-23-26(35)8-7-19-12-22(43)13-24(27(19)23)29-28(36)30-25(15-37-29)31(41-11-4-3-6-21(41)17-42)39-32(38-30)44-18-33-9-5-10-40(33)16-20(34)14-33/h1,7-8,12-13,15,20-21,42-43H,3-6,9-11,14,16-18H2/t20-,21-,33+/m1/s1/i18D2. The summed E-state index contributed by atoms with van der Waals surface area (Å²) in [6, 6.07) is 4.41. The van der Waals surface area contributed by atoms with Crippen LogP contribution in [0.2, 0.25) is 0 Å². The Bertz CT molecular complexity index is 1910. The van der Waals surface area contributed by atoms with E-state index in [1.165, 1.54) is 30.5 Å². The number of piperidine rings is 1. The number of ether oxygens (including phenoxy) is 1. The number of phenolic OH excluding ortho intramolecular Hbond substituents is 1. The molecule has 44 heavy (non-hydrogen) atoms. The molecule has 2 aromatic carbocycles. The van der Waals surface area contributed by atoms with Crippen molar-refractivity contribution in [1.82, 2.24) is 19.9 Å². The van der Waals surface area contributed by atoms with Crippen LogP contribution in [0.1, 0.15) is 46.8 Å². The Kier molecular flexibility index (Phi) is 6.63. The van der Waals surface area contributed by atoms with Crippen LogP contribution in [0, 0.1) is 24.0 Å². The summed E-state index contributed by atoms with van der Waals surface area (Å²) >= 11 is 0. The largest absolute Gasteiger partial charge is 0.508 e. The number of benzene rings is 2. The van der Waals surface area contributed by atoms with Crippen molar-refractivity contribution in [2.24, 2.45) is 0 Å². The van der Waals surface area contributed by atoms with Crippen molar-refractivity contribution in [1.29, 1.82) is 0 Å². The Morgan fingerprint density at radius 1 is 1.18 bits per heavy atom. The van der Waals surface area contributed by atoms with E-state index in [0.717, 1.165) is 12.8 Å². The van der Waals surface area contributed by atoms with E-state index in [1.54, 1.807) is 4.90 Å². The molecular formula is C33H32F3N5O3. The number of aliphatic hydroxyl groups excluding tert-OH is 1. The number of anilines is 1. The summed E-state index contributed by atoms with van der Waals surface area (Å²) in [6.07, 6.45) is 9.08. The number of nitrogens with zero attached hydrogens (tertiary/aromatic N) is 5. The summed E-state index contributed by atoms with van der Waals surface area (Å²) in [7, 11) is 0. The normalized spacial score (nSPS) is 24.8. The Labute approximate surface area is 255 Å². The minimum absolute atomic E-state index is 0.0337. The van der Waals surface area contributed by atoms with Gasteiger partial charge >= 0.3 is 6.01 Å². The molecule has 3 aliphatic heterocycles. The second kappa shape index (κ2) is 11.1. The molecule has 3 atom stereocenters. The van der Waals surface area contributed by atoms with Gasteiger partial charge in [-0.3, -0.25) is 9.88 Å². The van der Waals surface area contributed by atoms with Crippen LogP contribution in [-0.2, 0) is 0 Å². The van der Waals surface area contributed by atoms with Crippen molar-refractivity contribution in [3.8, 4) is 35.4 Å². The maximum atomic E-state index is 16.8. The molecule has 0 aliphatic carbocycles. The molecule has 228 valence electrons. The fraction of sp³-hybridized carbons (Fsp3) is 0.424. The van der Waals surface area contributed by atoms with Crippen molar-refractivity contribution in [2.45, 2.75) is 56.3 Å². The molecule has 11 heteroatoms. The van der Waals surface area contributed by atoms with Gasteiger partial charge in [-0.2, -0.15) is 9.97 Å². The Morgan fingerprint density at radius 3 is 2.86 bits per heavy atom. The molecule has 0 unspecified atom stereocenters. The van der Waals surface area contributed by atoms with Crippen molar-refractivity contribution in [2.75, 3.05) is 37.7 Å². The number of halogens is 3. The number of rotatable bonds is 6. The first kappa shape index (κ1) is 26.3. The van der Waals surface area contributed by atoms with Gasteiger partial charge in [-0.25, -0.2) is 13.2 Å². The maximum Gasteiger partial charge on any atom is 0.319 e. The lowest BCUT2D eigenvalue weighted by atomic mass is 9.95. The van der Waals surface area contributed by atoms with Gasteiger partial charge in [0.25, 0.3) is 0 Å². The molecule has 7 rings (SSSR count). The van der Waals surface area contributed by atoms with E-state index in [9.17, 15) is 19.0 Å². The molecule has 0 bridgehead atoms. The molecule has 4 aromatic rings. The van der Waals surface area contributed by atoms with Crippen LogP contribution >= 0.6 is 0 Å². The Hall–Kier alpha value is -4.14. The van der Waals surface area contributed by atoms with Crippen molar-refractivity contribution < 1.29 is 30.9 Å². The lowest BCUT2D eigenvalue weighted by molar-refractivity contribution is 0.107. The monoisotopic (exact) mass is 605 g/mol. The number of terminal acetylenes is 1. The lowest BCUT2D eigenvalue weighted by Gasteiger charge is -2.36. The minimum Gasteiger partial charge on any atom is -0.508 e. The number of aliphatic hydroxyl groups is 1. The zero-order valence-corrected chi connectivity index (χ0v) is 23.9. The van der Waals surface area contributed by atoms with Gasteiger partial charge in [-0.15, -0.1) is 6.42 Å². The summed E-state index contributed by atoms with van der Waals surface area (Å²) in [6.45, 7) is -1.51. The first-order valence-electron chi connectivity index (χ1n) is 15.8. The Morgan fingerprint density at radius 2 is 2.05 bits per heavy atom. The summed E-state index contributed by atoms with van der Waals surface area (Å²) in [5, 5.41) is 21.4. The summed E-state index contributed by atoms with van der Waals surface area (Å²) in [5.74, 6) is 0.651. The highest BCUT2D eigenvalue weighted by atomic mass is 19.1. The predicted molar refractivity (Wildman–Crippen MR) is 160 cm³/mol. The molecule has 0 spiro atoms. The number of aromatic nitrogens is 3. The van der Waals surface area contributed by atoms with Crippen LogP contribution in [0.25, 0.3) is 32.9 Å². The number of fused-ring (bicyclic) bond motifs is 3. The van der Waals surface area contributed by atoms with Gasteiger partial charge in [0.05, 0.1) is 31.9 Å². The van der Waals surface area contributed by atoms with E-state index >= 15 is 4.39 Å². The second-order valence-electron chi connectivity index (χ2n) is 11.8. The number of pyridine rings is 1. The van der Waals surface area contributed by atoms with Gasteiger partial charge in [-0.1, -0.05) is 12.0 Å². The van der Waals surface area contributed by atoms with E-state index in [0.29, 0.717) is 37.7 Å². The van der Waals surface area contributed by atoms with Crippen molar-refractivity contribution in [3.05, 3.63) is 47.7 Å². The number of phenols is 1. The number of hydrogen-bond donors (Lipinski definition) is 2. The zero-order valence-electron chi connectivity index (χ0n) is 25.9. The van der Waals surface area contributed by atoms with E-state index in [2.05, 4.69) is 20.9 Å². The SMILES string of the molecule is [2H]C([2H])(Oc1nc(N2CCCC[C@@H]2CO)c2cnc(-c3cc(O)cc4ccc(F)c(C#C)c34)c(F)c2n1)[C@@]12CCCN1C[C@H](F)C2. The van der Waals surface area contributed by atoms with Crippen LogP contribution < -0.4 is 9.64 Å². The third kappa shape index (κ3) is 4.68. The Balaban J connectivity index is 1.43. The van der Waals surface area contributed by atoms with E-state index < -0.39 is 35.9 Å². The molecule has 5 heterocycles. The van der Waals surface area contributed by atoms with E-state index in [-0.39, 0.29) is 70.3 Å². The zero-order chi connectivity index (χ0) is 32.4. The number of hydrogen-bond acceptors (Lipinski definition) is 8. The van der Waals surface area contributed by atoms with Crippen molar-refractivity contribution >= 4 is 27.5 Å². The van der Waals surface area contributed by atoms with Crippen LogP contribution in [0.15, 0.2) is 30.5 Å². The maximum absolute atomic E-state index is 16.8. The smallest absolute Gasteiger partial charge is 0.319 e. The first-order valence-corrected chi connectivity index (χ1v) is 14.8. The molecule has 3 aliphatic rings. The van der Waals surface area contributed by atoms with Gasteiger partial charge in [0.1, 0.15) is 41.3 Å². The van der Waals surface area contributed by atoms with E-state index in [1.807, 2.05) is 4.90 Å². The van der Waals surface area contributed by atoms with Gasteiger partial charge < -0.3 is 19.8 Å². The third-order valence-corrected chi connectivity index (χ3v) is 9.14. The molecule has 0 saturated carbocycles. The molecule has 0 amide bonds. The van der Waals surface area contributed by atoms with Crippen molar-refractivity contribution in [3.63, 3.8) is 0 Å². The molecule has 3 saturated heterocycles. The molecule has 8 nitrogen and oxygen atoms in total. The highest BCUT2D eigenvalue weighted by Crippen LogP contribution is 2.42. The summed E-state index contributed by atoms with van der Waals surface area (Å²) in [5.41, 5.74) is -1.86. The quantitative estimate of drug-likeness (QED) is 0.293. The van der Waals surface area contributed by atoms with Crippen LogP contribution in [0.4, 0.5) is 19.0 Å². The fourth-order valence-electron chi connectivity index (χ4n) is 7.10. The average Bonchev–Trinajstić information content (AvgIpc) is 3.59. The molecule has 2 aromatic heterocycles. The predicted octanol–water partition coefficient (Wildman–Crippen LogP) is 5.12. The second-order valence-corrected chi connectivity index (χ2v) is 11.8. The van der Waals surface area contributed by atoms with Gasteiger partial charge in [0, 0.05) is 36.7 Å². The summed E-state index contributed by atoms with van der Waals surface area (Å²) < 4.78 is 70.1. The molecule has 3 fully saturated rings. The van der Waals surface area contributed by atoms with Gasteiger partial charge in [0.15, 0.2) is 5.82 Å². The minimum atomic E-state index is -2.43. The first-order chi connectivity index (χ1) is 22.1. The highest BCUT2D eigenvalue weighted by molar-refractivity contribution is 6.03. The lowest BCUT2D eigenvalue weighted by Crippen LogP contribution is -2.44. The fourth-order valence-corrected chi connectivity index (χ4v) is 7.10. The van der Waals surface area contributed by atoms with Crippen LogP contribution in [0.5, 0.6) is 11.8 Å². The van der Waals surface area contributed by atoms with Gasteiger partial charge in [0.2, 0.25) is 0 Å². The van der Waals surface area contributed by atoms with Gasteiger partial charge in [-0.05, 0) is 62.2 Å². The topological polar surface area (TPSA) is 94.8 Å². The number of aromatic hydroxyl groups is 1. The van der Waals surface area contributed by atoms with Crippen LogP contribution in [0.3, 0.4) is 0 Å². The molecule has 0 radical (unpaired) electrons. The third-order valence-electron chi connectivity index (χ3n) is 9.14. The van der Waals surface area contributed by atoms with E-state index in [4.69, 9.17) is 13.9 Å². The van der Waals surface area contributed by atoms with Crippen LogP contribution in [-0.4, -0.2) is 80.6 Å². The molecule has 2 N–H and O–H groups in total. The summed E-state index contributed by atoms with van der Waals surface area (Å²) in [4.78, 5) is 16.9. The number of alkyl halides is 1. The highest BCUT2D eigenvalue weighted by Gasteiger charge is 2.49.